The number of nitrogens with zero attached hydrogens (tertiary/aromatic N) is 1. The fourth-order valence-corrected chi connectivity index (χ4v) is 2.63. The molecule has 0 unspecified atom stereocenters. The van der Waals surface area contributed by atoms with Crippen molar-refractivity contribution >= 4 is 11.8 Å². The van der Waals surface area contributed by atoms with Crippen LogP contribution < -0.4 is 5.32 Å². The number of likely N-dealkylation sites (tertiary alicyclic amines) is 1. The highest BCUT2D eigenvalue weighted by molar-refractivity contribution is 5.94. The monoisotopic (exact) mass is 290 g/mol. The third kappa shape index (κ3) is 4.29. The van der Waals surface area contributed by atoms with Crippen LogP contribution in [0.25, 0.3) is 0 Å². The van der Waals surface area contributed by atoms with Crippen LogP contribution in [0.15, 0.2) is 30.3 Å². The molecule has 1 aliphatic heterocycles. The second kappa shape index (κ2) is 7.78. The molecule has 1 saturated heterocycles. The van der Waals surface area contributed by atoms with Gasteiger partial charge in [0.15, 0.2) is 0 Å². The number of nitrogens with one attached hydrogen (secondary N) is 1. The van der Waals surface area contributed by atoms with Gasteiger partial charge in [0.05, 0.1) is 12.6 Å². The molecule has 1 fully saturated rings. The highest BCUT2D eigenvalue weighted by atomic mass is 16.3. The minimum atomic E-state index is -0.113. The lowest BCUT2D eigenvalue weighted by molar-refractivity contribution is -0.132. The zero-order chi connectivity index (χ0) is 15.1. The molecule has 2 N–H and O–H groups in total. The summed E-state index contributed by atoms with van der Waals surface area (Å²) in [6, 6.07) is 9.01. The maximum absolute atomic E-state index is 12.0. The fraction of sp³-hybridized carbons (Fsp3) is 0.500. The minimum absolute atomic E-state index is 0.0172. The summed E-state index contributed by atoms with van der Waals surface area (Å²) in [6.45, 7) is 1.26. The van der Waals surface area contributed by atoms with Crippen molar-refractivity contribution in [1.29, 1.82) is 0 Å². The maximum atomic E-state index is 12.0. The van der Waals surface area contributed by atoms with Crippen LogP contribution in [0.1, 0.15) is 36.0 Å². The van der Waals surface area contributed by atoms with Crippen LogP contribution in [0.3, 0.4) is 0 Å². The molecule has 2 amide bonds. The molecule has 114 valence electrons. The quantitative estimate of drug-likeness (QED) is 0.773. The summed E-state index contributed by atoms with van der Waals surface area (Å²) in [7, 11) is 0. The molecule has 1 atom stereocenters. The summed E-state index contributed by atoms with van der Waals surface area (Å²) in [4.78, 5) is 25.6. The highest BCUT2D eigenvalue weighted by Crippen LogP contribution is 2.17. The fourth-order valence-electron chi connectivity index (χ4n) is 2.63. The van der Waals surface area contributed by atoms with Gasteiger partial charge in [-0.25, -0.2) is 0 Å². The Balaban J connectivity index is 1.68. The van der Waals surface area contributed by atoms with Crippen molar-refractivity contribution in [3.05, 3.63) is 35.9 Å². The lowest BCUT2D eigenvalue weighted by atomic mass is 10.2. The highest BCUT2D eigenvalue weighted by Gasteiger charge is 2.27. The first kappa shape index (κ1) is 15.5. The summed E-state index contributed by atoms with van der Waals surface area (Å²) >= 11 is 0. The van der Waals surface area contributed by atoms with E-state index in [2.05, 4.69) is 5.32 Å². The van der Waals surface area contributed by atoms with Crippen LogP contribution in [0.4, 0.5) is 0 Å². The van der Waals surface area contributed by atoms with E-state index < -0.39 is 0 Å². The largest absolute Gasteiger partial charge is 0.394 e. The summed E-state index contributed by atoms with van der Waals surface area (Å²) in [5, 5.41) is 12.0. The van der Waals surface area contributed by atoms with Crippen LogP contribution >= 0.6 is 0 Å². The molecule has 21 heavy (non-hydrogen) atoms. The number of hydrogen-bond donors (Lipinski definition) is 2. The van der Waals surface area contributed by atoms with E-state index >= 15 is 0 Å². The van der Waals surface area contributed by atoms with Crippen molar-refractivity contribution in [1.82, 2.24) is 10.2 Å². The van der Waals surface area contributed by atoms with Crippen LogP contribution in [-0.2, 0) is 4.79 Å². The lowest BCUT2D eigenvalue weighted by Gasteiger charge is -2.23. The van der Waals surface area contributed by atoms with Crippen molar-refractivity contribution in [2.45, 2.75) is 31.7 Å². The first-order valence-corrected chi connectivity index (χ1v) is 7.46. The molecule has 0 spiro atoms. The van der Waals surface area contributed by atoms with Gasteiger partial charge in [0.25, 0.3) is 5.91 Å². The van der Waals surface area contributed by atoms with E-state index in [0.29, 0.717) is 24.9 Å². The molecular formula is C16H22N2O3. The number of aliphatic hydroxyl groups is 1. The molecule has 5 heteroatoms. The summed E-state index contributed by atoms with van der Waals surface area (Å²) in [6.07, 6.45) is 2.87. The van der Waals surface area contributed by atoms with Crippen LogP contribution in [0, 0.1) is 0 Å². The summed E-state index contributed by atoms with van der Waals surface area (Å²) < 4.78 is 0. The van der Waals surface area contributed by atoms with E-state index in [1.54, 1.807) is 17.0 Å². The summed E-state index contributed by atoms with van der Waals surface area (Å²) in [5.41, 5.74) is 0.628. The van der Waals surface area contributed by atoms with E-state index in [1.807, 2.05) is 18.2 Å². The number of carbonyl (C=O) groups is 2. The molecule has 0 aliphatic carbocycles. The van der Waals surface area contributed by atoms with Crippen molar-refractivity contribution in [3.8, 4) is 0 Å². The number of rotatable bonds is 6. The van der Waals surface area contributed by atoms with Gasteiger partial charge in [-0.3, -0.25) is 9.59 Å². The smallest absolute Gasteiger partial charge is 0.251 e. The van der Waals surface area contributed by atoms with Crippen LogP contribution in [-0.4, -0.2) is 47.6 Å². The second-order valence-electron chi connectivity index (χ2n) is 5.29. The van der Waals surface area contributed by atoms with Gasteiger partial charge in [0.2, 0.25) is 5.91 Å². The van der Waals surface area contributed by atoms with Gasteiger partial charge >= 0.3 is 0 Å². The molecule has 1 heterocycles. The molecule has 1 aromatic carbocycles. The van der Waals surface area contributed by atoms with E-state index in [4.69, 9.17) is 0 Å². The van der Waals surface area contributed by atoms with Gasteiger partial charge in [-0.2, -0.15) is 0 Å². The third-order valence-corrected chi connectivity index (χ3v) is 3.80. The molecule has 5 nitrogen and oxygen atoms in total. The van der Waals surface area contributed by atoms with Crippen molar-refractivity contribution in [2.75, 3.05) is 19.7 Å². The average Bonchev–Trinajstić information content (AvgIpc) is 3.00. The number of amides is 2. The number of aliphatic hydroxyl groups excluding tert-OH is 1. The number of hydrogen-bond acceptors (Lipinski definition) is 3. The van der Waals surface area contributed by atoms with Crippen LogP contribution in [0.5, 0.6) is 0 Å². The topological polar surface area (TPSA) is 69.6 Å². The molecule has 0 aromatic heterocycles. The van der Waals surface area contributed by atoms with Gasteiger partial charge < -0.3 is 15.3 Å². The normalized spacial score (nSPS) is 17.8. The third-order valence-electron chi connectivity index (χ3n) is 3.80. The summed E-state index contributed by atoms with van der Waals surface area (Å²) in [5.74, 6) is -0.0435. The minimum Gasteiger partial charge on any atom is -0.394 e. The lowest BCUT2D eigenvalue weighted by Crippen LogP contribution is -2.38. The van der Waals surface area contributed by atoms with Crippen molar-refractivity contribution in [3.63, 3.8) is 0 Å². The molecule has 1 aliphatic rings. The molecular weight excluding hydrogens is 268 g/mol. The number of carbonyl (C=O) groups excluding carboxylic acids is 2. The Morgan fingerprint density at radius 2 is 2.05 bits per heavy atom. The van der Waals surface area contributed by atoms with E-state index in [1.165, 1.54) is 0 Å². The van der Waals surface area contributed by atoms with Crippen molar-refractivity contribution < 1.29 is 14.7 Å². The predicted octanol–water partition coefficient (Wildman–Crippen LogP) is 1.18. The molecule has 0 radical (unpaired) electrons. The Bertz CT molecular complexity index is 476. The predicted molar refractivity (Wildman–Crippen MR) is 79.8 cm³/mol. The Morgan fingerprint density at radius 3 is 2.76 bits per heavy atom. The standard InChI is InChI=1S/C16H22N2O3/c19-12-14-8-5-11-18(14)15(20)9-4-10-17-16(21)13-6-2-1-3-7-13/h1-3,6-7,14,19H,4-5,8-12H2,(H,17,21)/t14-/m1/s1. The second-order valence-corrected chi connectivity index (χ2v) is 5.29. The van der Waals surface area contributed by atoms with E-state index in [-0.39, 0.29) is 24.5 Å². The first-order chi connectivity index (χ1) is 10.2. The van der Waals surface area contributed by atoms with Gasteiger partial charge in [-0.05, 0) is 31.4 Å². The maximum Gasteiger partial charge on any atom is 0.251 e. The van der Waals surface area contributed by atoms with E-state index in [9.17, 15) is 14.7 Å². The van der Waals surface area contributed by atoms with Crippen LogP contribution in [0.2, 0.25) is 0 Å². The first-order valence-electron chi connectivity index (χ1n) is 7.46. The SMILES string of the molecule is O=C(NCCCC(=O)N1CCC[C@@H]1CO)c1ccccc1. The Morgan fingerprint density at radius 1 is 1.29 bits per heavy atom. The Kier molecular flexibility index (Phi) is 5.75. The molecule has 0 bridgehead atoms. The average molecular weight is 290 g/mol. The zero-order valence-corrected chi connectivity index (χ0v) is 12.1. The molecule has 0 saturated carbocycles. The molecule has 1 aromatic rings. The Hall–Kier alpha value is -1.88. The Labute approximate surface area is 125 Å². The van der Waals surface area contributed by atoms with Gasteiger partial charge in [0.1, 0.15) is 0 Å². The zero-order valence-electron chi connectivity index (χ0n) is 12.1. The molecule has 2 rings (SSSR count). The van der Waals surface area contributed by atoms with Crippen molar-refractivity contribution in [2.24, 2.45) is 0 Å². The van der Waals surface area contributed by atoms with Gasteiger partial charge in [-0.15, -0.1) is 0 Å². The van der Waals surface area contributed by atoms with Gasteiger partial charge in [0, 0.05) is 25.1 Å². The van der Waals surface area contributed by atoms with Gasteiger partial charge in [-0.1, -0.05) is 18.2 Å². The van der Waals surface area contributed by atoms with E-state index in [0.717, 1.165) is 19.4 Å². The number of benzene rings is 1.